The minimum absolute atomic E-state index is 0.237. The summed E-state index contributed by atoms with van der Waals surface area (Å²) in [6, 6.07) is 15.0. The van der Waals surface area contributed by atoms with Gasteiger partial charge in [-0.3, -0.25) is 0 Å². The minimum atomic E-state index is 0.237. The van der Waals surface area contributed by atoms with Crippen LogP contribution >= 0.6 is 0 Å². The van der Waals surface area contributed by atoms with Crippen LogP contribution in [0.25, 0.3) is 0 Å². The van der Waals surface area contributed by atoms with Crippen molar-refractivity contribution in [3.8, 4) is 17.2 Å². The van der Waals surface area contributed by atoms with Gasteiger partial charge in [0.25, 0.3) is 0 Å². The molecule has 0 unspecified atom stereocenters. The zero-order chi connectivity index (χ0) is 14.2. The molecule has 0 fully saturated rings. The van der Waals surface area contributed by atoms with Gasteiger partial charge in [0.2, 0.25) is 0 Å². The molecule has 0 saturated carbocycles. The Morgan fingerprint density at radius 3 is 2.55 bits per heavy atom. The summed E-state index contributed by atoms with van der Waals surface area (Å²) in [4.78, 5) is 0. The third-order valence-electron chi connectivity index (χ3n) is 2.90. The molecule has 0 aliphatic carbocycles. The molecular formula is C16H19NO3. The summed E-state index contributed by atoms with van der Waals surface area (Å²) in [5.41, 5.74) is 0.838. The molecule has 2 aromatic rings. The van der Waals surface area contributed by atoms with Gasteiger partial charge in [-0.25, -0.2) is 0 Å². The van der Waals surface area contributed by atoms with E-state index in [4.69, 9.17) is 9.47 Å². The molecular weight excluding hydrogens is 254 g/mol. The molecule has 2 aromatic carbocycles. The van der Waals surface area contributed by atoms with Crippen molar-refractivity contribution < 1.29 is 14.6 Å². The van der Waals surface area contributed by atoms with E-state index in [1.165, 1.54) is 0 Å². The number of hydrogen-bond donors (Lipinski definition) is 2. The normalized spacial score (nSPS) is 10.2. The van der Waals surface area contributed by atoms with E-state index >= 15 is 0 Å². The van der Waals surface area contributed by atoms with Crippen LogP contribution in [0.1, 0.15) is 5.56 Å². The Balaban J connectivity index is 1.71. The number of benzene rings is 2. The van der Waals surface area contributed by atoms with Crippen molar-refractivity contribution >= 4 is 0 Å². The maximum atomic E-state index is 9.81. The third-order valence-corrected chi connectivity index (χ3v) is 2.90. The quantitative estimate of drug-likeness (QED) is 0.761. The van der Waals surface area contributed by atoms with E-state index in [1.807, 2.05) is 42.5 Å². The lowest BCUT2D eigenvalue weighted by Gasteiger charge is -2.09. The lowest BCUT2D eigenvalue weighted by atomic mass is 10.2. The number of phenolic OH excluding ortho intramolecular Hbond substituents is 1. The van der Waals surface area contributed by atoms with Gasteiger partial charge in [-0.1, -0.05) is 24.3 Å². The molecule has 0 saturated heterocycles. The van der Waals surface area contributed by atoms with Gasteiger partial charge in [0.1, 0.15) is 23.9 Å². The van der Waals surface area contributed by atoms with Crippen LogP contribution in [0.5, 0.6) is 17.2 Å². The topological polar surface area (TPSA) is 50.7 Å². The lowest BCUT2D eigenvalue weighted by Crippen LogP contribution is -2.20. The number of aromatic hydroxyl groups is 1. The highest BCUT2D eigenvalue weighted by atomic mass is 16.5. The number of rotatable bonds is 7. The molecule has 20 heavy (non-hydrogen) atoms. The van der Waals surface area contributed by atoms with E-state index < -0.39 is 0 Å². The molecule has 0 heterocycles. The molecule has 4 heteroatoms. The summed E-state index contributed by atoms with van der Waals surface area (Å²) in [5, 5.41) is 13.0. The highest BCUT2D eigenvalue weighted by molar-refractivity contribution is 5.39. The van der Waals surface area contributed by atoms with Crippen molar-refractivity contribution in [2.75, 3.05) is 20.3 Å². The Hall–Kier alpha value is -2.20. The first-order valence-electron chi connectivity index (χ1n) is 6.54. The summed E-state index contributed by atoms with van der Waals surface area (Å²) in [6.07, 6.45) is 0. The minimum Gasteiger partial charge on any atom is -0.507 e. The van der Waals surface area contributed by atoms with Crippen LogP contribution in [-0.4, -0.2) is 25.4 Å². The predicted molar refractivity (Wildman–Crippen MR) is 78.3 cm³/mol. The zero-order valence-corrected chi connectivity index (χ0v) is 11.5. The molecule has 0 aliphatic rings. The van der Waals surface area contributed by atoms with E-state index in [0.29, 0.717) is 25.4 Å². The largest absolute Gasteiger partial charge is 0.507 e. The molecule has 0 atom stereocenters. The Bertz CT molecular complexity index is 529. The molecule has 2 N–H and O–H groups in total. The van der Waals surface area contributed by atoms with Crippen molar-refractivity contribution in [1.29, 1.82) is 0 Å². The van der Waals surface area contributed by atoms with E-state index in [-0.39, 0.29) is 5.75 Å². The summed E-state index contributed by atoms with van der Waals surface area (Å²) in [5.74, 6) is 1.75. The van der Waals surface area contributed by atoms with Crippen LogP contribution in [0.15, 0.2) is 48.5 Å². The molecule has 106 valence electrons. The van der Waals surface area contributed by atoms with Gasteiger partial charge in [0.05, 0.1) is 7.11 Å². The molecule has 0 aliphatic heterocycles. The van der Waals surface area contributed by atoms with Crippen LogP contribution in [0.4, 0.5) is 0 Å². The first-order valence-corrected chi connectivity index (χ1v) is 6.54. The second-order valence-electron chi connectivity index (χ2n) is 4.33. The molecule has 0 bridgehead atoms. The number of ether oxygens (including phenoxy) is 2. The Kier molecular flexibility index (Phi) is 5.26. The number of nitrogens with one attached hydrogen (secondary N) is 1. The molecule has 0 radical (unpaired) electrons. The monoisotopic (exact) mass is 273 g/mol. The fraction of sp³-hybridized carbons (Fsp3) is 0.250. The molecule has 0 aromatic heterocycles. The van der Waals surface area contributed by atoms with Gasteiger partial charge in [-0.2, -0.15) is 0 Å². The van der Waals surface area contributed by atoms with Crippen molar-refractivity contribution in [1.82, 2.24) is 5.32 Å². The number of para-hydroxylation sites is 1. The summed E-state index contributed by atoms with van der Waals surface area (Å²) in [7, 11) is 1.58. The SMILES string of the molecule is COc1ccc(CNCCOc2ccccc2)c(O)c1. The molecule has 0 amide bonds. The maximum absolute atomic E-state index is 9.81. The van der Waals surface area contributed by atoms with Gasteiger partial charge in [0.15, 0.2) is 0 Å². The second kappa shape index (κ2) is 7.40. The van der Waals surface area contributed by atoms with E-state index in [9.17, 15) is 5.11 Å². The lowest BCUT2D eigenvalue weighted by molar-refractivity contribution is 0.313. The van der Waals surface area contributed by atoms with Gasteiger partial charge < -0.3 is 19.9 Å². The van der Waals surface area contributed by atoms with Gasteiger partial charge in [0, 0.05) is 24.7 Å². The first-order chi connectivity index (χ1) is 9.79. The Morgan fingerprint density at radius 2 is 1.85 bits per heavy atom. The number of phenols is 1. The van der Waals surface area contributed by atoms with Crippen LogP contribution in [0.2, 0.25) is 0 Å². The summed E-state index contributed by atoms with van der Waals surface area (Å²) in [6.45, 7) is 1.88. The van der Waals surface area contributed by atoms with E-state index in [0.717, 1.165) is 11.3 Å². The fourth-order valence-electron chi connectivity index (χ4n) is 1.80. The number of methoxy groups -OCH3 is 1. The van der Waals surface area contributed by atoms with Crippen LogP contribution < -0.4 is 14.8 Å². The smallest absolute Gasteiger partial charge is 0.123 e. The second-order valence-corrected chi connectivity index (χ2v) is 4.33. The van der Waals surface area contributed by atoms with Crippen LogP contribution in [0, 0.1) is 0 Å². The summed E-state index contributed by atoms with van der Waals surface area (Å²) < 4.78 is 10.6. The van der Waals surface area contributed by atoms with Crippen molar-refractivity contribution in [2.24, 2.45) is 0 Å². The Labute approximate surface area is 119 Å². The maximum Gasteiger partial charge on any atom is 0.123 e. The van der Waals surface area contributed by atoms with E-state index in [2.05, 4.69) is 5.32 Å². The zero-order valence-electron chi connectivity index (χ0n) is 11.5. The Morgan fingerprint density at radius 1 is 1.05 bits per heavy atom. The summed E-state index contributed by atoms with van der Waals surface area (Å²) >= 11 is 0. The van der Waals surface area contributed by atoms with Crippen molar-refractivity contribution in [2.45, 2.75) is 6.54 Å². The highest BCUT2D eigenvalue weighted by Crippen LogP contribution is 2.22. The fourth-order valence-corrected chi connectivity index (χ4v) is 1.80. The number of hydrogen-bond acceptors (Lipinski definition) is 4. The average Bonchev–Trinajstić information content (AvgIpc) is 2.49. The molecule has 2 rings (SSSR count). The van der Waals surface area contributed by atoms with E-state index in [1.54, 1.807) is 13.2 Å². The van der Waals surface area contributed by atoms with Gasteiger partial charge >= 0.3 is 0 Å². The standard InChI is InChI=1S/C16H19NO3/c1-19-15-8-7-13(16(18)11-15)12-17-9-10-20-14-5-3-2-4-6-14/h2-8,11,17-18H,9-10,12H2,1H3. The van der Waals surface area contributed by atoms with Crippen molar-refractivity contribution in [3.05, 3.63) is 54.1 Å². The van der Waals surface area contributed by atoms with Crippen molar-refractivity contribution in [3.63, 3.8) is 0 Å². The first kappa shape index (κ1) is 14.2. The predicted octanol–water partition coefficient (Wildman–Crippen LogP) is 2.57. The van der Waals surface area contributed by atoms with Gasteiger partial charge in [-0.15, -0.1) is 0 Å². The molecule has 4 nitrogen and oxygen atoms in total. The van der Waals surface area contributed by atoms with Crippen LogP contribution in [0.3, 0.4) is 0 Å². The highest BCUT2D eigenvalue weighted by Gasteiger charge is 2.02. The van der Waals surface area contributed by atoms with Gasteiger partial charge in [-0.05, 0) is 18.2 Å². The average molecular weight is 273 g/mol. The third kappa shape index (κ3) is 4.17. The molecule has 0 spiro atoms. The van der Waals surface area contributed by atoms with Crippen LogP contribution in [-0.2, 0) is 6.54 Å².